The molecule has 0 fully saturated rings. The van der Waals surface area contributed by atoms with Gasteiger partial charge in [0.1, 0.15) is 11.5 Å². The van der Waals surface area contributed by atoms with Crippen LogP contribution in [0.1, 0.15) is 30.1 Å². The molecule has 0 saturated carbocycles. The van der Waals surface area contributed by atoms with Crippen LogP contribution in [0.5, 0.6) is 11.5 Å². The van der Waals surface area contributed by atoms with Gasteiger partial charge in [-0.15, -0.1) is 0 Å². The summed E-state index contributed by atoms with van der Waals surface area (Å²) in [6.07, 6.45) is 1.84. The fourth-order valence-corrected chi connectivity index (χ4v) is 1.69. The number of rotatable bonds is 7. The van der Waals surface area contributed by atoms with Crippen LogP contribution in [0, 0.1) is 5.92 Å². The molecule has 0 aromatic heterocycles. The summed E-state index contributed by atoms with van der Waals surface area (Å²) in [6, 6.07) is 4.58. The highest BCUT2D eigenvalue weighted by molar-refractivity contribution is 5.97. The Morgan fingerprint density at radius 1 is 1.53 bits per heavy atom. The number of carbonyl (C=O) groups is 1. The molecule has 0 radical (unpaired) electrons. The molecule has 0 spiro atoms. The van der Waals surface area contributed by atoms with E-state index >= 15 is 0 Å². The minimum atomic E-state index is -0.295. The maximum atomic E-state index is 11.9. The van der Waals surface area contributed by atoms with Crippen LogP contribution in [0.25, 0.3) is 0 Å². The van der Waals surface area contributed by atoms with Gasteiger partial charge in [0.25, 0.3) is 5.91 Å². The van der Waals surface area contributed by atoms with Crippen molar-refractivity contribution in [1.82, 2.24) is 5.32 Å². The van der Waals surface area contributed by atoms with Crippen molar-refractivity contribution in [1.29, 1.82) is 0 Å². The van der Waals surface area contributed by atoms with Crippen molar-refractivity contribution < 1.29 is 14.6 Å². The van der Waals surface area contributed by atoms with Gasteiger partial charge in [-0.2, -0.15) is 0 Å². The van der Waals surface area contributed by atoms with Crippen molar-refractivity contribution in [3.8, 4) is 11.5 Å². The predicted molar refractivity (Wildman–Crippen MR) is 74.4 cm³/mol. The SMILES string of the molecule is COc1ccc(O)c(C(=O)NCCCC(C)CN)c1. The summed E-state index contributed by atoms with van der Waals surface area (Å²) in [7, 11) is 1.52. The molecule has 0 heterocycles. The van der Waals surface area contributed by atoms with Crippen LogP contribution in [-0.2, 0) is 0 Å². The number of carbonyl (C=O) groups excluding carboxylic acids is 1. The number of ether oxygens (including phenoxy) is 1. The molecule has 19 heavy (non-hydrogen) atoms. The lowest BCUT2D eigenvalue weighted by Gasteiger charge is -2.10. The van der Waals surface area contributed by atoms with Crippen molar-refractivity contribution >= 4 is 5.91 Å². The third-order valence-corrected chi connectivity index (χ3v) is 3.01. The summed E-state index contributed by atoms with van der Waals surface area (Å²) in [5.41, 5.74) is 5.75. The molecule has 5 heteroatoms. The average molecular weight is 266 g/mol. The lowest BCUT2D eigenvalue weighted by molar-refractivity contribution is 0.0949. The summed E-state index contributed by atoms with van der Waals surface area (Å²) in [5, 5.41) is 12.4. The molecule has 1 rings (SSSR count). The lowest BCUT2D eigenvalue weighted by Crippen LogP contribution is -2.25. The lowest BCUT2D eigenvalue weighted by atomic mass is 10.1. The summed E-state index contributed by atoms with van der Waals surface area (Å²) >= 11 is 0. The first-order chi connectivity index (χ1) is 9.08. The number of nitrogens with one attached hydrogen (secondary N) is 1. The van der Waals surface area contributed by atoms with Crippen LogP contribution in [0.2, 0.25) is 0 Å². The van der Waals surface area contributed by atoms with Gasteiger partial charge in [0.05, 0.1) is 12.7 Å². The topological polar surface area (TPSA) is 84.6 Å². The molecule has 1 aromatic carbocycles. The van der Waals surface area contributed by atoms with Gasteiger partial charge in [-0.05, 0) is 43.5 Å². The predicted octanol–water partition coefficient (Wildman–Crippen LogP) is 1.51. The zero-order valence-electron chi connectivity index (χ0n) is 11.5. The summed E-state index contributed by atoms with van der Waals surface area (Å²) in [5.74, 6) is 0.659. The Balaban J connectivity index is 2.49. The molecule has 5 nitrogen and oxygen atoms in total. The van der Waals surface area contributed by atoms with E-state index in [1.54, 1.807) is 6.07 Å². The van der Waals surface area contributed by atoms with Crippen LogP contribution in [-0.4, -0.2) is 31.2 Å². The highest BCUT2D eigenvalue weighted by Gasteiger charge is 2.11. The zero-order chi connectivity index (χ0) is 14.3. The normalized spacial score (nSPS) is 11.9. The zero-order valence-corrected chi connectivity index (χ0v) is 11.5. The molecule has 0 aliphatic heterocycles. The van der Waals surface area contributed by atoms with Crippen LogP contribution < -0.4 is 15.8 Å². The molecule has 0 saturated heterocycles. The Labute approximate surface area is 113 Å². The first-order valence-corrected chi connectivity index (χ1v) is 6.43. The highest BCUT2D eigenvalue weighted by Crippen LogP contribution is 2.22. The molecular formula is C14H22N2O3. The van der Waals surface area contributed by atoms with E-state index in [4.69, 9.17) is 10.5 Å². The van der Waals surface area contributed by atoms with Crippen molar-refractivity contribution in [2.24, 2.45) is 11.7 Å². The van der Waals surface area contributed by atoms with E-state index in [9.17, 15) is 9.90 Å². The van der Waals surface area contributed by atoms with Gasteiger partial charge in [-0.25, -0.2) is 0 Å². The van der Waals surface area contributed by atoms with E-state index in [1.807, 2.05) is 0 Å². The van der Waals surface area contributed by atoms with E-state index in [2.05, 4.69) is 12.2 Å². The Hall–Kier alpha value is -1.75. The van der Waals surface area contributed by atoms with Crippen LogP contribution >= 0.6 is 0 Å². The van der Waals surface area contributed by atoms with E-state index in [0.29, 0.717) is 24.8 Å². The smallest absolute Gasteiger partial charge is 0.255 e. The summed E-state index contributed by atoms with van der Waals surface area (Å²) in [6.45, 7) is 3.31. The monoisotopic (exact) mass is 266 g/mol. The largest absolute Gasteiger partial charge is 0.507 e. The van der Waals surface area contributed by atoms with Gasteiger partial charge in [0, 0.05) is 6.54 Å². The second kappa shape index (κ2) is 7.63. The molecule has 4 N–H and O–H groups in total. The number of phenolic OH excluding ortho intramolecular Hbond substituents is 1. The number of benzene rings is 1. The standard InChI is InChI=1S/C14H22N2O3/c1-10(9-15)4-3-7-16-14(18)12-8-11(19-2)5-6-13(12)17/h5-6,8,10,17H,3-4,7,9,15H2,1-2H3,(H,16,18). The average Bonchev–Trinajstić information content (AvgIpc) is 2.43. The highest BCUT2D eigenvalue weighted by atomic mass is 16.5. The molecule has 0 aliphatic carbocycles. The molecule has 1 atom stereocenters. The van der Waals surface area contributed by atoms with Crippen molar-refractivity contribution in [2.75, 3.05) is 20.2 Å². The fourth-order valence-electron chi connectivity index (χ4n) is 1.69. The Bertz CT molecular complexity index is 421. The minimum Gasteiger partial charge on any atom is -0.507 e. The van der Waals surface area contributed by atoms with Crippen molar-refractivity contribution in [3.05, 3.63) is 23.8 Å². The molecule has 1 unspecified atom stereocenters. The summed E-state index contributed by atoms with van der Waals surface area (Å²) < 4.78 is 5.03. The van der Waals surface area contributed by atoms with E-state index in [-0.39, 0.29) is 17.2 Å². The Morgan fingerprint density at radius 2 is 2.26 bits per heavy atom. The second-order valence-electron chi connectivity index (χ2n) is 4.62. The molecular weight excluding hydrogens is 244 g/mol. The maximum absolute atomic E-state index is 11.9. The number of hydrogen-bond donors (Lipinski definition) is 3. The summed E-state index contributed by atoms with van der Waals surface area (Å²) in [4.78, 5) is 11.9. The number of methoxy groups -OCH3 is 1. The first-order valence-electron chi connectivity index (χ1n) is 6.43. The quantitative estimate of drug-likeness (QED) is 0.653. The van der Waals surface area contributed by atoms with Gasteiger partial charge in [-0.1, -0.05) is 6.92 Å². The number of aromatic hydroxyl groups is 1. The Kier molecular flexibility index (Phi) is 6.15. The van der Waals surface area contributed by atoms with Gasteiger partial charge < -0.3 is 20.9 Å². The number of phenols is 1. The minimum absolute atomic E-state index is 0.0476. The van der Waals surface area contributed by atoms with Crippen molar-refractivity contribution in [2.45, 2.75) is 19.8 Å². The molecule has 1 amide bonds. The fraction of sp³-hybridized carbons (Fsp3) is 0.500. The second-order valence-corrected chi connectivity index (χ2v) is 4.62. The molecule has 0 bridgehead atoms. The van der Waals surface area contributed by atoms with Crippen molar-refractivity contribution in [3.63, 3.8) is 0 Å². The maximum Gasteiger partial charge on any atom is 0.255 e. The van der Waals surface area contributed by atoms with E-state index in [1.165, 1.54) is 19.2 Å². The molecule has 1 aromatic rings. The first kappa shape index (κ1) is 15.3. The van der Waals surface area contributed by atoms with Crippen LogP contribution in [0.15, 0.2) is 18.2 Å². The molecule has 106 valence electrons. The van der Waals surface area contributed by atoms with Gasteiger partial charge in [0.2, 0.25) is 0 Å². The van der Waals surface area contributed by atoms with E-state index < -0.39 is 0 Å². The molecule has 0 aliphatic rings. The Morgan fingerprint density at radius 3 is 2.89 bits per heavy atom. The van der Waals surface area contributed by atoms with Crippen LogP contribution in [0.4, 0.5) is 0 Å². The van der Waals surface area contributed by atoms with Crippen LogP contribution in [0.3, 0.4) is 0 Å². The van der Waals surface area contributed by atoms with Gasteiger partial charge in [-0.3, -0.25) is 4.79 Å². The number of hydrogen-bond acceptors (Lipinski definition) is 4. The number of amides is 1. The third-order valence-electron chi connectivity index (χ3n) is 3.01. The van der Waals surface area contributed by atoms with Gasteiger partial charge in [0.15, 0.2) is 0 Å². The third kappa shape index (κ3) is 4.79. The van der Waals surface area contributed by atoms with E-state index in [0.717, 1.165) is 12.8 Å². The number of nitrogens with two attached hydrogens (primary N) is 1. The van der Waals surface area contributed by atoms with Gasteiger partial charge >= 0.3 is 0 Å².